The lowest BCUT2D eigenvalue weighted by Gasteiger charge is -2.30. The molecule has 2 aromatic heterocycles. The number of aromatic nitrogens is 2. The highest BCUT2D eigenvalue weighted by Crippen LogP contribution is 2.46. The molecule has 1 aliphatic carbocycles. The number of nitrogens with two attached hydrogens (primary N) is 1. The maximum absolute atomic E-state index is 13.2. The van der Waals surface area contributed by atoms with Crippen LogP contribution in [-0.2, 0) is 0 Å². The van der Waals surface area contributed by atoms with Crippen LogP contribution >= 0.6 is 0 Å². The first-order chi connectivity index (χ1) is 13.6. The highest BCUT2D eigenvalue weighted by atomic mass is 16.2. The number of hydrogen-bond donors (Lipinski definition) is 2. The first-order valence-corrected chi connectivity index (χ1v) is 9.90. The molecule has 1 aliphatic heterocycles. The summed E-state index contributed by atoms with van der Waals surface area (Å²) in [5.41, 5.74) is 11.8. The van der Waals surface area contributed by atoms with Crippen molar-refractivity contribution in [2.24, 2.45) is 5.92 Å². The Bertz CT molecular complexity index is 1040. The molecule has 142 valence electrons. The summed E-state index contributed by atoms with van der Waals surface area (Å²) in [6.45, 7) is 0.773. The molecular weight excluding hydrogens is 348 g/mol. The van der Waals surface area contributed by atoms with E-state index < -0.39 is 0 Å². The maximum Gasteiger partial charge on any atom is 0.256 e. The maximum atomic E-state index is 13.2. The van der Waals surface area contributed by atoms with Crippen molar-refractivity contribution in [2.75, 3.05) is 19.3 Å². The summed E-state index contributed by atoms with van der Waals surface area (Å²) in [5, 5.41) is 0. The highest BCUT2D eigenvalue weighted by Gasteiger charge is 2.38. The summed E-state index contributed by atoms with van der Waals surface area (Å²) in [5.74, 6) is 1.70. The number of nitrogens with one attached hydrogen (secondary N) is 1. The van der Waals surface area contributed by atoms with E-state index in [2.05, 4.69) is 22.1 Å². The van der Waals surface area contributed by atoms with Gasteiger partial charge >= 0.3 is 0 Å². The van der Waals surface area contributed by atoms with Crippen LogP contribution in [0.4, 0.5) is 5.82 Å². The van der Waals surface area contributed by atoms with Gasteiger partial charge in [-0.15, -0.1) is 0 Å². The zero-order valence-corrected chi connectivity index (χ0v) is 16.0. The van der Waals surface area contributed by atoms with Gasteiger partial charge in [-0.3, -0.25) is 4.79 Å². The highest BCUT2D eigenvalue weighted by molar-refractivity contribution is 6.07. The van der Waals surface area contributed by atoms with Crippen LogP contribution in [0.15, 0.2) is 48.7 Å². The lowest BCUT2D eigenvalue weighted by molar-refractivity contribution is 0.0761. The van der Waals surface area contributed by atoms with E-state index in [-0.39, 0.29) is 5.91 Å². The molecule has 28 heavy (non-hydrogen) atoms. The van der Waals surface area contributed by atoms with Gasteiger partial charge in [-0.1, -0.05) is 43.2 Å². The van der Waals surface area contributed by atoms with Crippen molar-refractivity contribution < 1.29 is 4.79 Å². The molecule has 5 nitrogen and oxygen atoms in total. The van der Waals surface area contributed by atoms with E-state index in [0.29, 0.717) is 11.7 Å². The molecule has 1 atom stereocenters. The van der Waals surface area contributed by atoms with Crippen molar-refractivity contribution in [3.8, 4) is 22.4 Å². The minimum absolute atomic E-state index is 0.0884. The van der Waals surface area contributed by atoms with Crippen LogP contribution in [0.2, 0.25) is 0 Å². The lowest BCUT2D eigenvalue weighted by Crippen LogP contribution is -2.37. The molecular formula is C23H24N4O. The molecule has 0 radical (unpaired) electrons. The Labute approximate surface area is 164 Å². The second-order valence-electron chi connectivity index (χ2n) is 8.06. The van der Waals surface area contributed by atoms with Crippen LogP contribution in [0, 0.1) is 5.92 Å². The predicted octanol–water partition coefficient (Wildman–Crippen LogP) is 4.30. The van der Waals surface area contributed by atoms with E-state index >= 15 is 0 Å². The number of benzene rings is 1. The predicted molar refractivity (Wildman–Crippen MR) is 111 cm³/mol. The zero-order chi connectivity index (χ0) is 19.3. The fourth-order valence-corrected chi connectivity index (χ4v) is 4.41. The van der Waals surface area contributed by atoms with Gasteiger partial charge in [0.05, 0.1) is 11.3 Å². The number of fused-ring (bicyclic) bond motifs is 1. The summed E-state index contributed by atoms with van der Waals surface area (Å²) in [7, 11) is 1.91. The van der Waals surface area contributed by atoms with Crippen LogP contribution in [-0.4, -0.2) is 34.4 Å². The van der Waals surface area contributed by atoms with Crippen LogP contribution in [0.1, 0.15) is 41.2 Å². The Morgan fingerprint density at radius 3 is 2.64 bits per heavy atom. The van der Waals surface area contributed by atoms with Crippen LogP contribution in [0.3, 0.4) is 0 Å². The summed E-state index contributed by atoms with van der Waals surface area (Å²) in [4.78, 5) is 22.9. The lowest BCUT2D eigenvalue weighted by atomic mass is 9.88. The molecule has 3 aromatic rings. The third-order valence-corrected chi connectivity index (χ3v) is 5.94. The molecule has 0 spiro atoms. The molecule has 0 bridgehead atoms. The number of anilines is 1. The number of carbonyl (C=O) groups excluding carboxylic acids is 1. The first kappa shape index (κ1) is 17.0. The normalized spacial score (nSPS) is 19.0. The molecule has 0 saturated heterocycles. The summed E-state index contributed by atoms with van der Waals surface area (Å²) >= 11 is 0. The van der Waals surface area contributed by atoms with Crippen molar-refractivity contribution in [1.82, 2.24) is 14.9 Å². The number of H-pyrrole nitrogens is 1. The van der Waals surface area contributed by atoms with E-state index in [1.54, 1.807) is 6.20 Å². The van der Waals surface area contributed by atoms with Gasteiger partial charge < -0.3 is 15.6 Å². The van der Waals surface area contributed by atoms with E-state index in [1.807, 2.05) is 42.3 Å². The smallest absolute Gasteiger partial charge is 0.256 e. The van der Waals surface area contributed by atoms with E-state index in [4.69, 9.17) is 5.73 Å². The molecule has 1 amide bonds. The molecule has 1 unspecified atom stereocenters. The minimum Gasteiger partial charge on any atom is -0.384 e. The Balaban J connectivity index is 1.75. The fraction of sp³-hybridized carbons (Fsp3) is 0.304. The third-order valence-electron chi connectivity index (χ3n) is 5.94. The quantitative estimate of drug-likeness (QED) is 0.717. The molecule has 3 heterocycles. The SMILES string of the molecule is CN1CC(CC2CC2)c2[nH]c(-c3ccnc(N)c3)c(-c3ccccc3)c2C1=O. The summed E-state index contributed by atoms with van der Waals surface area (Å²) < 4.78 is 0. The van der Waals surface area contributed by atoms with Crippen molar-refractivity contribution in [3.05, 3.63) is 59.9 Å². The second-order valence-corrected chi connectivity index (χ2v) is 8.06. The Morgan fingerprint density at radius 1 is 1.14 bits per heavy atom. The van der Waals surface area contributed by atoms with Gasteiger partial charge in [-0.25, -0.2) is 4.98 Å². The molecule has 1 aromatic carbocycles. The first-order valence-electron chi connectivity index (χ1n) is 9.90. The topological polar surface area (TPSA) is 75.0 Å². The van der Waals surface area contributed by atoms with Gasteiger partial charge in [-0.2, -0.15) is 0 Å². The van der Waals surface area contributed by atoms with E-state index in [0.717, 1.165) is 52.5 Å². The number of hydrogen-bond acceptors (Lipinski definition) is 3. The molecule has 1 saturated carbocycles. The largest absolute Gasteiger partial charge is 0.384 e. The van der Waals surface area contributed by atoms with Gasteiger partial charge in [0, 0.05) is 42.5 Å². The monoisotopic (exact) mass is 372 g/mol. The van der Waals surface area contributed by atoms with Crippen molar-refractivity contribution in [1.29, 1.82) is 0 Å². The Hall–Kier alpha value is -3.08. The number of nitrogens with zero attached hydrogens (tertiary/aromatic N) is 2. The van der Waals surface area contributed by atoms with Gasteiger partial charge in [0.15, 0.2) is 0 Å². The van der Waals surface area contributed by atoms with Gasteiger partial charge in [0.1, 0.15) is 5.82 Å². The van der Waals surface area contributed by atoms with Crippen LogP contribution in [0.25, 0.3) is 22.4 Å². The number of pyridine rings is 1. The van der Waals surface area contributed by atoms with E-state index in [1.165, 1.54) is 12.8 Å². The Morgan fingerprint density at radius 2 is 1.93 bits per heavy atom. The third kappa shape index (κ3) is 2.87. The number of carbonyl (C=O) groups is 1. The number of rotatable bonds is 4. The number of amides is 1. The van der Waals surface area contributed by atoms with Crippen molar-refractivity contribution in [2.45, 2.75) is 25.2 Å². The fourth-order valence-electron chi connectivity index (χ4n) is 4.41. The summed E-state index contributed by atoms with van der Waals surface area (Å²) in [6.07, 6.45) is 5.47. The average molecular weight is 372 g/mol. The number of likely N-dealkylation sites (N-methyl/N-ethyl adjacent to an activating group) is 1. The van der Waals surface area contributed by atoms with Gasteiger partial charge in [0.2, 0.25) is 0 Å². The van der Waals surface area contributed by atoms with Gasteiger partial charge in [-0.05, 0) is 30.0 Å². The minimum atomic E-state index is 0.0884. The molecule has 5 heteroatoms. The molecule has 3 N–H and O–H groups in total. The van der Waals surface area contributed by atoms with Gasteiger partial charge in [0.25, 0.3) is 5.91 Å². The summed E-state index contributed by atoms with van der Waals surface area (Å²) in [6, 6.07) is 14.0. The number of nitrogen functional groups attached to an aromatic ring is 1. The standard InChI is InChI=1S/C23H24N4O/c1-27-13-17(11-14-7-8-14)22-20(23(27)28)19(15-5-3-2-4-6-15)21(26-22)16-9-10-25-18(24)12-16/h2-6,9-10,12,14,17,26H,7-8,11,13H2,1H3,(H2,24,25). The zero-order valence-electron chi connectivity index (χ0n) is 16.0. The number of aromatic amines is 1. The van der Waals surface area contributed by atoms with Crippen molar-refractivity contribution >= 4 is 11.7 Å². The average Bonchev–Trinajstić information content (AvgIpc) is 3.42. The van der Waals surface area contributed by atoms with Crippen LogP contribution in [0.5, 0.6) is 0 Å². The van der Waals surface area contributed by atoms with Crippen LogP contribution < -0.4 is 5.73 Å². The Kier molecular flexibility index (Phi) is 3.97. The molecule has 5 rings (SSSR count). The second kappa shape index (κ2) is 6.51. The molecule has 2 aliphatic rings. The van der Waals surface area contributed by atoms with Crippen molar-refractivity contribution in [3.63, 3.8) is 0 Å². The molecule has 1 fully saturated rings. The van der Waals surface area contributed by atoms with E-state index in [9.17, 15) is 4.79 Å².